The normalized spacial score (nSPS) is 39.0. The van der Waals surface area contributed by atoms with Crippen molar-refractivity contribution in [1.29, 1.82) is 0 Å². The Morgan fingerprint density at radius 3 is 2.58 bits per heavy atom. The smallest absolute Gasteiger partial charge is 0.303 e. The number of ether oxygens (including phenoxy) is 2. The summed E-state index contributed by atoms with van der Waals surface area (Å²) in [6, 6.07) is 0. The van der Waals surface area contributed by atoms with E-state index in [4.69, 9.17) is 9.47 Å². The first kappa shape index (κ1) is 22.3. The largest absolute Gasteiger partial charge is 0.498 e. The summed E-state index contributed by atoms with van der Waals surface area (Å²) in [5, 5.41) is 0. The monoisotopic (exact) mass is 428 g/mol. The molecule has 4 aliphatic carbocycles. The van der Waals surface area contributed by atoms with Crippen LogP contribution in [0.15, 0.2) is 23.0 Å². The van der Waals surface area contributed by atoms with Crippen LogP contribution in [0.1, 0.15) is 79.1 Å². The lowest BCUT2D eigenvalue weighted by Crippen LogP contribution is -2.57. The highest BCUT2D eigenvalue weighted by Crippen LogP contribution is 2.66. The molecule has 0 saturated heterocycles. The summed E-state index contributed by atoms with van der Waals surface area (Å²) in [4.78, 5) is 36.9. The van der Waals surface area contributed by atoms with Crippen LogP contribution in [0.2, 0.25) is 0 Å². The topological polar surface area (TPSA) is 69.7 Å². The van der Waals surface area contributed by atoms with Gasteiger partial charge in [0, 0.05) is 18.8 Å². The molecule has 0 aromatic carbocycles. The zero-order valence-electron chi connectivity index (χ0n) is 19.4. The predicted molar refractivity (Wildman–Crippen MR) is 117 cm³/mol. The third kappa shape index (κ3) is 3.39. The van der Waals surface area contributed by atoms with Crippen LogP contribution in [0.5, 0.6) is 0 Å². The number of hydrogen-bond acceptors (Lipinski definition) is 5. The van der Waals surface area contributed by atoms with Crippen molar-refractivity contribution in [1.82, 2.24) is 0 Å². The first-order chi connectivity index (χ1) is 14.8. The summed E-state index contributed by atoms with van der Waals surface area (Å²) in [6.07, 6.45) is 10.2. The lowest BCUT2D eigenvalue weighted by molar-refractivity contribution is -0.185. The van der Waals surface area contributed by atoms with Crippen LogP contribution in [0.4, 0.5) is 0 Å². The Balaban J connectivity index is 1.68. The highest BCUT2D eigenvalue weighted by molar-refractivity contribution is 5.89. The Hall–Kier alpha value is -1.91. The number of carbonyl (C=O) groups excluding carboxylic acids is 3. The highest BCUT2D eigenvalue weighted by atomic mass is 16.6. The standard InChI is InChI=1S/C26H36O5/c1-5-12-30-19-6-7-20-21-8-10-25(4)24(23(21)13-18(15-27)22(20)14-19)9-11-26(25,16(2)28)31-17(3)29/h14-15,20-21,23-24H,5-13H2,1-4H3/t20-,21-,23-,24+,25+,26+/m1/s1. The minimum atomic E-state index is -1.02. The van der Waals surface area contributed by atoms with Gasteiger partial charge in [-0.05, 0) is 92.8 Å². The van der Waals surface area contributed by atoms with Crippen LogP contribution in [-0.2, 0) is 23.9 Å². The number of esters is 1. The van der Waals surface area contributed by atoms with E-state index >= 15 is 0 Å². The van der Waals surface area contributed by atoms with Crippen molar-refractivity contribution in [3.05, 3.63) is 23.0 Å². The van der Waals surface area contributed by atoms with Crippen molar-refractivity contribution in [3.8, 4) is 0 Å². The van der Waals surface area contributed by atoms with E-state index in [2.05, 4.69) is 19.9 Å². The van der Waals surface area contributed by atoms with Gasteiger partial charge in [0.1, 0.15) is 6.29 Å². The number of allylic oxidation sites excluding steroid dienone is 4. The first-order valence-electron chi connectivity index (χ1n) is 12.0. The van der Waals surface area contributed by atoms with Crippen molar-refractivity contribution >= 4 is 18.0 Å². The number of hydrogen-bond donors (Lipinski definition) is 0. The highest BCUT2D eigenvalue weighted by Gasteiger charge is 2.66. The first-order valence-corrected chi connectivity index (χ1v) is 12.0. The number of fused-ring (bicyclic) bond motifs is 5. The molecule has 0 amide bonds. The summed E-state index contributed by atoms with van der Waals surface area (Å²) in [7, 11) is 0. The van der Waals surface area contributed by atoms with Gasteiger partial charge < -0.3 is 9.47 Å². The fourth-order valence-corrected chi connectivity index (χ4v) is 7.59. The minimum absolute atomic E-state index is 0.0351. The fourth-order valence-electron chi connectivity index (χ4n) is 7.59. The van der Waals surface area contributed by atoms with Crippen molar-refractivity contribution in [2.75, 3.05) is 6.61 Å². The van der Waals surface area contributed by atoms with Gasteiger partial charge in [-0.25, -0.2) is 0 Å². The SMILES string of the molecule is CCCOC1=CC2=C(C=O)C[C@@H]3[C@H](CC[C@@]4(C)[C@H]3CC[C@]4(OC(C)=O)C(C)=O)[C@H]2CC1. The molecule has 5 nitrogen and oxygen atoms in total. The van der Waals surface area contributed by atoms with Crippen LogP contribution in [0.3, 0.4) is 0 Å². The maximum Gasteiger partial charge on any atom is 0.303 e. The molecule has 0 aromatic rings. The summed E-state index contributed by atoms with van der Waals surface area (Å²) in [6.45, 7) is 7.95. The summed E-state index contributed by atoms with van der Waals surface area (Å²) in [5.74, 6) is 2.14. The quantitative estimate of drug-likeness (QED) is 0.443. The van der Waals surface area contributed by atoms with E-state index < -0.39 is 5.60 Å². The Morgan fingerprint density at radius 2 is 1.94 bits per heavy atom. The van der Waals surface area contributed by atoms with E-state index in [0.29, 0.717) is 24.2 Å². The fraction of sp³-hybridized carbons (Fsp3) is 0.731. The van der Waals surface area contributed by atoms with E-state index in [1.807, 2.05) is 0 Å². The van der Waals surface area contributed by atoms with E-state index in [0.717, 1.165) is 69.2 Å². The number of rotatable bonds is 6. The molecule has 0 aromatic heterocycles. The third-order valence-electron chi connectivity index (χ3n) is 8.89. The van der Waals surface area contributed by atoms with Crippen LogP contribution in [0, 0.1) is 29.1 Å². The molecular weight excluding hydrogens is 392 g/mol. The Kier molecular flexibility index (Phi) is 5.91. The number of Topliss-reactive ketones (excluding diaryl/α,β-unsaturated/α-hetero) is 1. The van der Waals surface area contributed by atoms with Gasteiger partial charge in [-0.1, -0.05) is 13.8 Å². The minimum Gasteiger partial charge on any atom is -0.498 e. The number of aldehydes is 1. The maximum atomic E-state index is 12.8. The molecule has 0 unspecified atom stereocenters. The summed E-state index contributed by atoms with van der Waals surface area (Å²) < 4.78 is 11.7. The van der Waals surface area contributed by atoms with E-state index in [1.54, 1.807) is 6.92 Å². The maximum absolute atomic E-state index is 12.8. The molecule has 0 N–H and O–H groups in total. The molecule has 2 fully saturated rings. The van der Waals surface area contributed by atoms with E-state index in [9.17, 15) is 14.4 Å². The average Bonchev–Trinajstić information content (AvgIpc) is 3.04. The van der Waals surface area contributed by atoms with Crippen LogP contribution >= 0.6 is 0 Å². The molecule has 0 spiro atoms. The molecule has 0 aliphatic heterocycles. The van der Waals surface area contributed by atoms with Gasteiger partial charge >= 0.3 is 5.97 Å². The van der Waals surface area contributed by atoms with Gasteiger partial charge in [0.25, 0.3) is 0 Å². The molecular formula is C26H36O5. The van der Waals surface area contributed by atoms with Crippen LogP contribution < -0.4 is 0 Å². The van der Waals surface area contributed by atoms with Gasteiger partial charge in [0.2, 0.25) is 0 Å². The Labute approximate surface area is 185 Å². The second-order valence-electron chi connectivity index (χ2n) is 10.3. The molecule has 0 radical (unpaired) electrons. The second kappa shape index (κ2) is 8.22. The molecule has 6 atom stereocenters. The summed E-state index contributed by atoms with van der Waals surface area (Å²) in [5.41, 5.74) is 0.707. The van der Waals surface area contributed by atoms with Crippen molar-refractivity contribution in [2.24, 2.45) is 29.1 Å². The Morgan fingerprint density at radius 1 is 1.16 bits per heavy atom. The van der Waals surface area contributed by atoms with Gasteiger partial charge in [-0.3, -0.25) is 14.4 Å². The van der Waals surface area contributed by atoms with Crippen molar-refractivity contribution in [2.45, 2.75) is 84.7 Å². The second-order valence-corrected chi connectivity index (χ2v) is 10.3. The predicted octanol–water partition coefficient (Wildman–Crippen LogP) is 4.94. The van der Waals surface area contributed by atoms with Crippen molar-refractivity contribution < 1.29 is 23.9 Å². The molecule has 4 aliphatic rings. The van der Waals surface area contributed by atoms with Crippen LogP contribution in [0.25, 0.3) is 0 Å². The van der Waals surface area contributed by atoms with Gasteiger partial charge in [0.05, 0.1) is 12.4 Å². The molecule has 0 bridgehead atoms. The number of carbonyl (C=O) groups is 3. The molecule has 2 saturated carbocycles. The lowest BCUT2D eigenvalue weighted by Gasteiger charge is -2.55. The molecule has 0 heterocycles. The molecule has 31 heavy (non-hydrogen) atoms. The van der Waals surface area contributed by atoms with Crippen molar-refractivity contribution in [3.63, 3.8) is 0 Å². The van der Waals surface area contributed by atoms with Gasteiger partial charge in [-0.2, -0.15) is 0 Å². The molecule has 5 heteroatoms. The lowest BCUT2D eigenvalue weighted by atomic mass is 9.50. The van der Waals surface area contributed by atoms with E-state index in [-0.39, 0.29) is 23.1 Å². The molecule has 4 rings (SSSR count). The summed E-state index contributed by atoms with van der Waals surface area (Å²) >= 11 is 0. The third-order valence-corrected chi connectivity index (χ3v) is 8.89. The van der Waals surface area contributed by atoms with Gasteiger partial charge in [0.15, 0.2) is 11.4 Å². The zero-order valence-corrected chi connectivity index (χ0v) is 19.4. The van der Waals surface area contributed by atoms with Gasteiger partial charge in [-0.15, -0.1) is 0 Å². The zero-order chi connectivity index (χ0) is 22.4. The van der Waals surface area contributed by atoms with Crippen LogP contribution in [-0.4, -0.2) is 30.2 Å². The van der Waals surface area contributed by atoms with E-state index in [1.165, 1.54) is 12.5 Å². The molecule has 170 valence electrons. The average molecular weight is 429 g/mol. The number of ketones is 1. The Bertz CT molecular complexity index is 839.